The third kappa shape index (κ3) is 1.22. The summed E-state index contributed by atoms with van der Waals surface area (Å²) < 4.78 is 0. The van der Waals surface area contributed by atoms with Crippen molar-refractivity contribution in [2.45, 2.75) is 41.0 Å². The average Bonchev–Trinajstić information content (AvgIpc) is 2.55. The van der Waals surface area contributed by atoms with Gasteiger partial charge < -0.3 is 0 Å². The van der Waals surface area contributed by atoms with Gasteiger partial charge in [-0.15, -0.1) is 0 Å². The van der Waals surface area contributed by atoms with Crippen LogP contribution in [-0.4, -0.2) is 0 Å². The van der Waals surface area contributed by atoms with Crippen LogP contribution >= 0.6 is 0 Å². The Balaban J connectivity index is 2.64. The maximum atomic E-state index is 4.18. The summed E-state index contributed by atoms with van der Waals surface area (Å²) in [6, 6.07) is 0. The van der Waals surface area contributed by atoms with Crippen molar-refractivity contribution >= 4 is 0 Å². The molecule has 1 fully saturated rings. The molecule has 1 rings (SSSR count). The van der Waals surface area contributed by atoms with E-state index in [-0.39, 0.29) is 0 Å². The first-order chi connectivity index (χ1) is 5.45. The SMILES string of the molecule is C=C1C(C(C)C(C)C)C1(C)CC. The summed E-state index contributed by atoms with van der Waals surface area (Å²) in [6.07, 6.45) is 1.26. The average molecular weight is 166 g/mol. The van der Waals surface area contributed by atoms with Crippen molar-refractivity contribution < 1.29 is 0 Å². The second kappa shape index (κ2) is 2.90. The number of allylic oxidation sites excluding steroid dienone is 1. The summed E-state index contributed by atoms with van der Waals surface area (Å²) in [5.74, 6) is 2.39. The summed E-state index contributed by atoms with van der Waals surface area (Å²) in [6.45, 7) is 15.8. The molecular weight excluding hydrogens is 144 g/mol. The maximum Gasteiger partial charge on any atom is -0.00503 e. The highest BCUT2D eigenvalue weighted by atomic mass is 14.6. The van der Waals surface area contributed by atoms with Gasteiger partial charge in [0.05, 0.1) is 0 Å². The van der Waals surface area contributed by atoms with Crippen molar-refractivity contribution in [3.63, 3.8) is 0 Å². The van der Waals surface area contributed by atoms with E-state index in [1.165, 1.54) is 12.0 Å². The second-order valence-corrected chi connectivity index (χ2v) is 4.88. The molecule has 0 spiro atoms. The molecule has 70 valence electrons. The fourth-order valence-corrected chi connectivity index (χ4v) is 2.33. The molecule has 0 radical (unpaired) electrons. The Labute approximate surface area is 77.1 Å². The van der Waals surface area contributed by atoms with Crippen molar-refractivity contribution in [2.24, 2.45) is 23.2 Å². The van der Waals surface area contributed by atoms with Gasteiger partial charge in [-0.3, -0.25) is 0 Å². The van der Waals surface area contributed by atoms with Gasteiger partial charge in [0, 0.05) is 0 Å². The van der Waals surface area contributed by atoms with Gasteiger partial charge >= 0.3 is 0 Å². The number of hydrogen-bond donors (Lipinski definition) is 0. The van der Waals surface area contributed by atoms with Gasteiger partial charge in [-0.2, -0.15) is 0 Å². The van der Waals surface area contributed by atoms with E-state index in [9.17, 15) is 0 Å². The van der Waals surface area contributed by atoms with Gasteiger partial charge in [0.15, 0.2) is 0 Å². The first-order valence-electron chi connectivity index (χ1n) is 5.14. The lowest BCUT2D eigenvalue weighted by Gasteiger charge is -2.17. The highest BCUT2D eigenvalue weighted by molar-refractivity contribution is 5.34. The first kappa shape index (κ1) is 9.83. The van der Waals surface area contributed by atoms with Gasteiger partial charge in [0.2, 0.25) is 0 Å². The third-order valence-electron chi connectivity index (χ3n) is 4.02. The standard InChI is InChI=1S/C12H22/c1-7-12(6)10(5)11(12)9(4)8(2)3/h8-9,11H,5,7H2,1-4,6H3. The van der Waals surface area contributed by atoms with E-state index in [1.54, 1.807) is 0 Å². The zero-order valence-electron chi connectivity index (χ0n) is 9.15. The smallest absolute Gasteiger partial charge is 0.00503 e. The van der Waals surface area contributed by atoms with Gasteiger partial charge in [-0.1, -0.05) is 46.8 Å². The van der Waals surface area contributed by atoms with Crippen molar-refractivity contribution in [1.29, 1.82) is 0 Å². The highest BCUT2D eigenvalue weighted by Gasteiger charge is 2.55. The first-order valence-corrected chi connectivity index (χ1v) is 5.14. The summed E-state index contributed by atoms with van der Waals surface area (Å²) in [4.78, 5) is 0. The molecule has 0 aromatic heterocycles. The molecule has 12 heavy (non-hydrogen) atoms. The Morgan fingerprint density at radius 2 is 1.92 bits per heavy atom. The minimum atomic E-state index is 0.476. The van der Waals surface area contributed by atoms with Gasteiger partial charge in [-0.25, -0.2) is 0 Å². The Hall–Kier alpha value is -0.260. The van der Waals surface area contributed by atoms with Gasteiger partial charge in [0.25, 0.3) is 0 Å². The minimum absolute atomic E-state index is 0.476. The summed E-state index contributed by atoms with van der Waals surface area (Å²) in [5, 5.41) is 0. The fourth-order valence-electron chi connectivity index (χ4n) is 2.33. The molecule has 3 atom stereocenters. The van der Waals surface area contributed by atoms with Crippen LogP contribution in [0.2, 0.25) is 0 Å². The van der Waals surface area contributed by atoms with Crippen LogP contribution in [0.1, 0.15) is 41.0 Å². The molecule has 3 unspecified atom stereocenters. The Morgan fingerprint density at radius 3 is 2.17 bits per heavy atom. The molecule has 0 aromatic carbocycles. The molecule has 0 nitrogen and oxygen atoms in total. The van der Waals surface area contributed by atoms with Crippen LogP contribution in [-0.2, 0) is 0 Å². The molecule has 0 bridgehead atoms. The van der Waals surface area contributed by atoms with E-state index < -0.39 is 0 Å². The topological polar surface area (TPSA) is 0 Å². The molecule has 0 heterocycles. The van der Waals surface area contributed by atoms with E-state index in [1.807, 2.05) is 0 Å². The fraction of sp³-hybridized carbons (Fsp3) is 0.833. The van der Waals surface area contributed by atoms with E-state index >= 15 is 0 Å². The molecule has 0 saturated heterocycles. The normalized spacial score (nSPS) is 37.2. The Kier molecular flexibility index (Phi) is 2.38. The van der Waals surface area contributed by atoms with Crippen molar-refractivity contribution in [3.8, 4) is 0 Å². The molecule has 1 aliphatic carbocycles. The monoisotopic (exact) mass is 166 g/mol. The number of rotatable bonds is 3. The van der Waals surface area contributed by atoms with Crippen molar-refractivity contribution in [3.05, 3.63) is 12.2 Å². The lowest BCUT2D eigenvalue weighted by Crippen LogP contribution is -2.10. The van der Waals surface area contributed by atoms with Gasteiger partial charge in [-0.05, 0) is 29.6 Å². The van der Waals surface area contributed by atoms with E-state index in [0.29, 0.717) is 5.41 Å². The summed E-state index contributed by atoms with van der Waals surface area (Å²) in [5.41, 5.74) is 1.97. The zero-order chi connectivity index (χ0) is 9.52. The molecule has 1 aliphatic rings. The third-order valence-corrected chi connectivity index (χ3v) is 4.02. The van der Waals surface area contributed by atoms with Crippen LogP contribution in [0.25, 0.3) is 0 Å². The Bertz CT molecular complexity index is 190. The van der Waals surface area contributed by atoms with Crippen LogP contribution in [0.3, 0.4) is 0 Å². The predicted molar refractivity (Wildman–Crippen MR) is 55.0 cm³/mol. The Morgan fingerprint density at radius 1 is 1.42 bits per heavy atom. The molecule has 0 aliphatic heterocycles. The molecular formula is C12H22. The van der Waals surface area contributed by atoms with E-state index in [2.05, 4.69) is 41.2 Å². The van der Waals surface area contributed by atoms with Crippen LogP contribution in [0.4, 0.5) is 0 Å². The lowest BCUT2D eigenvalue weighted by molar-refractivity contribution is 0.314. The van der Waals surface area contributed by atoms with E-state index in [4.69, 9.17) is 0 Å². The lowest BCUT2D eigenvalue weighted by atomic mass is 9.88. The van der Waals surface area contributed by atoms with E-state index in [0.717, 1.165) is 17.8 Å². The quantitative estimate of drug-likeness (QED) is 0.558. The molecule has 0 N–H and O–H groups in total. The van der Waals surface area contributed by atoms with Crippen molar-refractivity contribution in [2.75, 3.05) is 0 Å². The molecule has 0 aromatic rings. The number of hydrogen-bond acceptors (Lipinski definition) is 0. The largest absolute Gasteiger partial charge is 0.0990 e. The van der Waals surface area contributed by atoms with Crippen LogP contribution in [0.5, 0.6) is 0 Å². The van der Waals surface area contributed by atoms with Gasteiger partial charge in [0.1, 0.15) is 0 Å². The van der Waals surface area contributed by atoms with Crippen molar-refractivity contribution in [1.82, 2.24) is 0 Å². The molecule has 0 heteroatoms. The minimum Gasteiger partial charge on any atom is -0.0990 e. The highest BCUT2D eigenvalue weighted by Crippen LogP contribution is 2.63. The summed E-state index contributed by atoms with van der Waals surface area (Å²) >= 11 is 0. The summed E-state index contributed by atoms with van der Waals surface area (Å²) in [7, 11) is 0. The molecule has 0 amide bonds. The zero-order valence-corrected chi connectivity index (χ0v) is 9.15. The maximum absolute atomic E-state index is 4.18. The molecule has 1 saturated carbocycles. The van der Waals surface area contributed by atoms with Crippen LogP contribution in [0.15, 0.2) is 12.2 Å². The predicted octanol–water partition coefficient (Wildman–Crippen LogP) is 3.88. The van der Waals surface area contributed by atoms with Crippen LogP contribution in [0, 0.1) is 23.2 Å². The second-order valence-electron chi connectivity index (χ2n) is 4.88. The van der Waals surface area contributed by atoms with Crippen LogP contribution < -0.4 is 0 Å².